The maximum atomic E-state index is 6.42. The van der Waals surface area contributed by atoms with Crippen LogP contribution in [0.4, 0.5) is 0 Å². The van der Waals surface area contributed by atoms with E-state index in [0.717, 1.165) is 83.0 Å². The van der Waals surface area contributed by atoms with Gasteiger partial charge in [0.25, 0.3) is 0 Å². The first kappa shape index (κ1) is 34.4. The molecule has 0 unspecified atom stereocenters. The number of aromatic nitrogens is 4. The Morgan fingerprint density at radius 1 is 0.755 bits per heavy atom. The molecule has 3 aromatic heterocycles. The van der Waals surface area contributed by atoms with Gasteiger partial charge in [0.1, 0.15) is 5.82 Å². The third-order valence-corrected chi connectivity index (χ3v) is 9.25. The molecule has 0 saturated heterocycles. The van der Waals surface area contributed by atoms with Gasteiger partial charge in [-0.1, -0.05) is 70.3 Å². The van der Waals surface area contributed by atoms with Gasteiger partial charge in [-0.3, -0.25) is 4.68 Å². The van der Waals surface area contributed by atoms with E-state index in [9.17, 15) is 0 Å². The van der Waals surface area contributed by atoms with Crippen molar-refractivity contribution < 1.29 is 25.8 Å². The number of ether oxygens (including phenoxy) is 1. The Hall–Kier alpha value is -4.47. The number of para-hydroxylation sites is 1. The first-order valence-electron chi connectivity index (χ1n) is 17.3. The van der Waals surface area contributed by atoms with Crippen LogP contribution in [0.1, 0.15) is 68.4 Å². The summed E-state index contributed by atoms with van der Waals surface area (Å²) in [6.45, 7) is 11.2. The smallest absolute Gasteiger partial charge is 0.509 e. The fraction of sp³-hybridized carbons (Fsp3) is 0.256. The SMILES string of the molecule is CCCc1cc(CC)c(CC)c(CCC)c1-c1cnn(-c2[c-]c(Oc3[c-]c4c(cc3)c3ccccc3n4-c3cc(C)ccn3)ccc2)c1.[Pt+2]. The second kappa shape index (κ2) is 15.0. The van der Waals surface area contributed by atoms with Gasteiger partial charge in [0.15, 0.2) is 0 Å². The zero-order valence-corrected chi connectivity index (χ0v) is 31.2. The second-order valence-corrected chi connectivity index (χ2v) is 12.5. The first-order valence-corrected chi connectivity index (χ1v) is 17.3. The molecular formula is C43H42N4OPt. The molecule has 0 saturated carbocycles. The number of hydrogen-bond acceptors (Lipinski definition) is 3. The van der Waals surface area contributed by atoms with Crippen LogP contribution in [0.5, 0.6) is 11.5 Å². The largest absolute Gasteiger partial charge is 2.00 e. The summed E-state index contributed by atoms with van der Waals surface area (Å²) < 4.78 is 10.5. The van der Waals surface area contributed by atoms with E-state index >= 15 is 0 Å². The first-order chi connectivity index (χ1) is 23.5. The van der Waals surface area contributed by atoms with Crippen molar-refractivity contribution in [3.63, 3.8) is 0 Å². The van der Waals surface area contributed by atoms with Crippen LogP contribution in [0.2, 0.25) is 0 Å². The fourth-order valence-corrected chi connectivity index (χ4v) is 7.16. The number of fused-ring (bicyclic) bond motifs is 3. The molecule has 4 aromatic carbocycles. The van der Waals surface area contributed by atoms with E-state index in [1.807, 2.05) is 47.4 Å². The van der Waals surface area contributed by atoms with Gasteiger partial charge in [0.05, 0.1) is 6.20 Å². The summed E-state index contributed by atoms with van der Waals surface area (Å²) in [6.07, 6.45) is 12.5. The average Bonchev–Trinajstić information content (AvgIpc) is 3.72. The van der Waals surface area contributed by atoms with Crippen molar-refractivity contribution in [1.29, 1.82) is 0 Å². The zero-order valence-electron chi connectivity index (χ0n) is 28.9. The molecule has 5 nitrogen and oxygen atoms in total. The quantitative estimate of drug-likeness (QED) is 0.122. The van der Waals surface area contributed by atoms with Crippen LogP contribution in [0.3, 0.4) is 0 Å². The predicted octanol–water partition coefficient (Wildman–Crippen LogP) is 10.8. The maximum Gasteiger partial charge on any atom is 2.00 e. The monoisotopic (exact) mass is 825 g/mol. The summed E-state index contributed by atoms with van der Waals surface area (Å²) >= 11 is 0. The van der Waals surface area contributed by atoms with Crippen LogP contribution in [0.25, 0.3) is 44.4 Å². The Bertz CT molecular complexity index is 2250. The number of nitrogens with zero attached hydrogens (tertiary/aromatic N) is 4. The van der Waals surface area contributed by atoms with Gasteiger partial charge in [-0.2, -0.15) is 17.2 Å². The van der Waals surface area contributed by atoms with Gasteiger partial charge < -0.3 is 9.30 Å². The standard InChI is InChI=1S/C43H42N4O.Pt/c1-6-13-31-24-30(8-3)36(9-4)39(14-7-2)43(31)32-27-45-46(28-32)33-15-12-16-34(25-33)48-35-19-20-38-37-17-10-11-18-40(37)47(41(38)26-35)42-23-29(5)21-22-44-42;/h10-12,15-24,27-28H,6-9,13-14H2,1-5H3;/q-2;+2. The fourth-order valence-electron chi connectivity index (χ4n) is 7.16. The minimum absolute atomic E-state index is 0. The summed E-state index contributed by atoms with van der Waals surface area (Å²) in [6, 6.07) is 32.0. The van der Waals surface area contributed by atoms with Crippen molar-refractivity contribution in [1.82, 2.24) is 19.3 Å². The number of rotatable bonds is 11. The molecule has 7 rings (SSSR count). The van der Waals surface area contributed by atoms with E-state index in [-0.39, 0.29) is 21.1 Å². The predicted molar refractivity (Wildman–Crippen MR) is 197 cm³/mol. The van der Waals surface area contributed by atoms with Crippen LogP contribution in [0.15, 0.2) is 91.4 Å². The van der Waals surface area contributed by atoms with E-state index in [1.165, 1.54) is 27.8 Å². The van der Waals surface area contributed by atoms with Crippen LogP contribution in [-0.2, 0) is 46.7 Å². The molecule has 0 radical (unpaired) electrons. The minimum Gasteiger partial charge on any atom is -0.509 e. The minimum atomic E-state index is 0. The molecule has 0 N–H and O–H groups in total. The third kappa shape index (κ3) is 6.62. The van der Waals surface area contributed by atoms with Gasteiger partial charge in [-0.15, -0.1) is 35.7 Å². The van der Waals surface area contributed by atoms with Gasteiger partial charge >= 0.3 is 21.1 Å². The van der Waals surface area contributed by atoms with E-state index in [1.54, 1.807) is 0 Å². The molecule has 0 aliphatic carbocycles. The van der Waals surface area contributed by atoms with E-state index in [2.05, 4.69) is 100.0 Å². The Balaban J connectivity index is 0.00000417. The van der Waals surface area contributed by atoms with Crippen LogP contribution < -0.4 is 4.74 Å². The summed E-state index contributed by atoms with van der Waals surface area (Å²) in [5.74, 6) is 2.08. The average molecular weight is 826 g/mol. The Labute approximate surface area is 304 Å². The number of pyridine rings is 1. The molecule has 0 bridgehead atoms. The maximum absolute atomic E-state index is 6.42. The van der Waals surface area contributed by atoms with E-state index < -0.39 is 0 Å². The van der Waals surface area contributed by atoms with Gasteiger partial charge in [-0.05, 0) is 95.3 Å². The second-order valence-electron chi connectivity index (χ2n) is 12.5. The zero-order chi connectivity index (χ0) is 33.2. The summed E-state index contributed by atoms with van der Waals surface area (Å²) in [5.41, 5.74) is 12.4. The van der Waals surface area contributed by atoms with Crippen LogP contribution in [-0.4, -0.2) is 19.3 Å². The van der Waals surface area contributed by atoms with Crippen molar-refractivity contribution in [2.24, 2.45) is 0 Å². The third-order valence-electron chi connectivity index (χ3n) is 9.25. The van der Waals surface area contributed by atoms with Crippen molar-refractivity contribution in [3.05, 3.63) is 131 Å². The molecular weight excluding hydrogens is 784 g/mol. The molecule has 0 aliphatic rings. The van der Waals surface area contributed by atoms with E-state index in [4.69, 9.17) is 14.8 Å². The molecule has 0 amide bonds. The van der Waals surface area contributed by atoms with Crippen molar-refractivity contribution in [2.45, 2.75) is 73.1 Å². The summed E-state index contributed by atoms with van der Waals surface area (Å²) in [5, 5.41) is 7.10. The molecule has 6 heteroatoms. The number of aryl methyl sites for hydroxylation is 3. The summed E-state index contributed by atoms with van der Waals surface area (Å²) in [7, 11) is 0. The molecule has 0 aliphatic heterocycles. The molecule has 0 fully saturated rings. The van der Waals surface area contributed by atoms with Crippen molar-refractivity contribution in [3.8, 4) is 34.1 Å². The van der Waals surface area contributed by atoms with Crippen molar-refractivity contribution >= 4 is 21.8 Å². The number of benzene rings is 4. The Morgan fingerprint density at radius 3 is 2.35 bits per heavy atom. The van der Waals surface area contributed by atoms with Crippen LogP contribution in [0, 0.1) is 19.1 Å². The Morgan fingerprint density at radius 2 is 1.57 bits per heavy atom. The number of hydrogen-bond donors (Lipinski definition) is 0. The topological polar surface area (TPSA) is 44.9 Å². The molecule has 250 valence electrons. The molecule has 49 heavy (non-hydrogen) atoms. The molecule has 0 atom stereocenters. The molecule has 3 heterocycles. The Kier molecular flexibility index (Phi) is 10.5. The van der Waals surface area contributed by atoms with Crippen molar-refractivity contribution in [2.75, 3.05) is 0 Å². The normalized spacial score (nSPS) is 11.3. The van der Waals surface area contributed by atoms with Gasteiger partial charge in [-0.25, -0.2) is 4.98 Å². The van der Waals surface area contributed by atoms with Crippen LogP contribution >= 0.6 is 0 Å². The summed E-state index contributed by atoms with van der Waals surface area (Å²) in [4.78, 5) is 4.70. The molecule has 0 spiro atoms. The molecule has 7 aromatic rings. The van der Waals surface area contributed by atoms with Gasteiger partial charge in [0.2, 0.25) is 0 Å². The van der Waals surface area contributed by atoms with E-state index in [0.29, 0.717) is 11.5 Å². The van der Waals surface area contributed by atoms with Gasteiger partial charge in [0, 0.05) is 35.0 Å².